The second kappa shape index (κ2) is 2.89. The van der Waals surface area contributed by atoms with E-state index >= 15 is 0 Å². The molecular formula is C11H15NO2. The predicted molar refractivity (Wildman–Crippen MR) is 54.3 cm³/mol. The lowest BCUT2D eigenvalue weighted by molar-refractivity contribution is 0.412. The molecule has 3 heteroatoms. The molecule has 14 heavy (non-hydrogen) atoms. The molecule has 0 amide bonds. The molecule has 1 aromatic carbocycles. The first-order chi connectivity index (χ1) is 6.58. The first kappa shape index (κ1) is 9.34. The van der Waals surface area contributed by atoms with Gasteiger partial charge in [-0.15, -0.1) is 0 Å². The molecule has 0 aliphatic heterocycles. The fourth-order valence-corrected chi connectivity index (χ4v) is 2.11. The Morgan fingerprint density at radius 2 is 1.79 bits per heavy atom. The van der Waals surface area contributed by atoms with Crippen LogP contribution in [0.4, 0.5) is 0 Å². The Morgan fingerprint density at radius 1 is 1.29 bits per heavy atom. The second-order valence-corrected chi connectivity index (χ2v) is 4.12. The maximum absolute atomic E-state index is 9.70. The van der Waals surface area contributed by atoms with Gasteiger partial charge in [-0.2, -0.15) is 0 Å². The van der Waals surface area contributed by atoms with Crippen LogP contribution < -0.4 is 5.73 Å². The number of benzene rings is 1. The summed E-state index contributed by atoms with van der Waals surface area (Å²) in [5, 5.41) is 19.4. The van der Waals surface area contributed by atoms with Gasteiger partial charge in [0.25, 0.3) is 0 Å². The van der Waals surface area contributed by atoms with Crippen LogP contribution in [0, 0.1) is 0 Å². The lowest BCUT2D eigenvalue weighted by Gasteiger charge is -2.21. The highest BCUT2D eigenvalue weighted by atomic mass is 16.3. The molecule has 0 spiro atoms. The molecule has 3 nitrogen and oxygen atoms in total. The van der Waals surface area contributed by atoms with Gasteiger partial charge < -0.3 is 15.9 Å². The lowest BCUT2D eigenvalue weighted by Crippen LogP contribution is -2.31. The van der Waals surface area contributed by atoms with Crippen molar-refractivity contribution in [3.8, 4) is 11.5 Å². The fraction of sp³-hybridized carbons (Fsp3) is 0.455. The molecule has 0 bridgehead atoms. The molecule has 76 valence electrons. The summed E-state index contributed by atoms with van der Waals surface area (Å²) in [6, 6.07) is 4.78. The monoisotopic (exact) mass is 193 g/mol. The van der Waals surface area contributed by atoms with E-state index < -0.39 is 0 Å². The zero-order valence-electron chi connectivity index (χ0n) is 8.20. The van der Waals surface area contributed by atoms with Crippen molar-refractivity contribution < 1.29 is 10.2 Å². The van der Waals surface area contributed by atoms with Crippen molar-refractivity contribution >= 4 is 0 Å². The van der Waals surface area contributed by atoms with Crippen molar-refractivity contribution in [2.75, 3.05) is 0 Å². The summed E-state index contributed by atoms with van der Waals surface area (Å²) < 4.78 is 0. The highest BCUT2D eigenvalue weighted by Gasteiger charge is 2.50. The standard InChI is InChI=1S/C11H15NO2/c1-7(12)11(5-6-11)10-8(13)3-2-4-9(10)14/h2-4,7,13-14H,5-6,12H2,1H3. The maximum atomic E-state index is 9.70. The quantitative estimate of drug-likeness (QED) is 0.666. The van der Waals surface area contributed by atoms with Gasteiger partial charge in [0.2, 0.25) is 0 Å². The molecule has 1 aliphatic carbocycles. The molecule has 4 N–H and O–H groups in total. The highest BCUT2D eigenvalue weighted by molar-refractivity contribution is 5.52. The summed E-state index contributed by atoms with van der Waals surface area (Å²) in [5.74, 6) is 0.305. The van der Waals surface area contributed by atoms with Crippen molar-refractivity contribution in [1.82, 2.24) is 0 Å². The van der Waals surface area contributed by atoms with Crippen LogP contribution in [-0.4, -0.2) is 16.3 Å². The van der Waals surface area contributed by atoms with E-state index in [-0.39, 0.29) is 23.0 Å². The Bertz CT molecular complexity index is 336. The minimum atomic E-state index is -0.199. The molecule has 1 aromatic rings. The van der Waals surface area contributed by atoms with Crippen LogP contribution in [0.5, 0.6) is 11.5 Å². The summed E-state index contributed by atoms with van der Waals surface area (Å²) in [6.07, 6.45) is 1.88. The third-order valence-corrected chi connectivity index (χ3v) is 3.18. The average molecular weight is 193 g/mol. The number of phenols is 2. The number of aromatic hydroxyl groups is 2. The zero-order valence-corrected chi connectivity index (χ0v) is 8.20. The van der Waals surface area contributed by atoms with Gasteiger partial charge in [0, 0.05) is 17.0 Å². The van der Waals surface area contributed by atoms with E-state index in [1.54, 1.807) is 18.2 Å². The number of hydrogen-bond donors (Lipinski definition) is 3. The minimum absolute atomic E-state index is 0.0401. The Morgan fingerprint density at radius 3 is 2.14 bits per heavy atom. The molecular weight excluding hydrogens is 178 g/mol. The molecule has 0 saturated heterocycles. The first-order valence-electron chi connectivity index (χ1n) is 4.85. The summed E-state index contributed by atoms with van der Waals surface area (Å²) >= 11 is 0. The van der Waals surface area contributed by atoms with Crippen LogP contribution in [0.1, 0.15) is 25.3 Å². The first-order valence-corrected chi connectivity index (χ1v) is 4.85. The summed E-state index contributed by atoms with van der Waals surface area (Å²) in [5.41, 5.74) is 6.30. The normalized spacial score (nSPS) is 20.4. The van der Waals surface area contributed by atoms with E-state index in [2.05, 4.69) is 0 Å². The smallest absolute Gasteiger partial charge is 0.123 e. The second-order valence-electron chi connectivity index (χ2n) is 4.12. The fourth-order valence-electron chi connectivity index (χ4n) is 2.11. The topological polar surface area (TPSA) is 66.5 Å². The van der Waals surface area contributed by atoms with Gasteiger partial charge in [0.15, 0.2) is 0 Å². The summed E-state index contributed by atoms with van der Waals surface area (Å²) in [6.45, 7) is 1.92. The van der Waals surface area contributed by atoms with Gasteiger partial charge in [-0.05, 0) is 31.9 Å². The van der Waals surface area contributed by atoms with Gasteiger partial charge in [0.1, 0.15) is 11.5 Å². The molecule has 0 radical (unpaired) electrons. The molecule has 2 rings (SSSR count). The van der Waals surface area contributed by atoms with Crippen molar-refractivity contribution in [2.24, 2.45) is 5.73 Å². The van der Waals surface area contributed by atoms with E-state index in [0.29, 0.717) is 5.56 Å². The molecule has 1 atom stereocenters. The van der Waals surface area contributed by atoms with Gasteiger partial charge in [-0.3, -0.25) is 0 Å². The van der Waals surface area contributed by atoms with Gasteiger partial charge in [0.05, 0.1) is 0 Å². The van der Waals surface area contributed by atoms with E-state index in [0.717, 1.165) is 12.8 Å². The SMILES string of the molecule is CC(N)C1(c2c(O)cccc2O)CC1. The largest absolute Gasteiger partial charge is 0.508 e. The third kappa shape index (κ3) is 1.16. The zero-order chi connectivity index (χ0) is 10.3. The maximum Gasteiger partial charge on any atom is 0.123 e. The molecule has 1 aliphatic rings. The van der Waals surface area contributed by atoms with Crippen LogP contribution in [0.2, 0.25) is 0 Å². The molecule has 1 unspecified atom stereocenters. The van der Waals surface area contributed by atoms with Gasteiger partial charge >= 0.3 is 0 Å². The predicted octanol–water partition coefficient (Wildman–Crippen LogP) is 1.48. The molecule has 1 fully saturated rings. The van der Waals surface area contributed by atoms with Gasteiger partial charge in [-0.1, -0.05) is 6.07 Å². The average Bonchev–Trinajstić information content (AvgIpc) is 2.85. The van der Waals surface area contributed by atoms with Crippen molar-refractivity contribution in [2.45, 2.75) is 31.2 Å². The van der Waals surface area contributed by atoms with Gasteiger partial charge in [-0.25, -0.2) is 0 Å². The van der Waals surface area contributed by atoms with Crippen molar-refractivity contribution in [3.05, 3.63) is 23.8 Å². The Balaban J connectivity index is 2.51. The Labute approximate surface area is 83.2 Å². The molecule has 0 heterocycles. The van der Waals surface area contributed by atoms with Crippen LogP contribution in [0.15, 0.2) is 18.2 Å². The summed E-state index contributed by atoms with van der Waals surface area (Å²) in [4.78, 5) is 0. The van der Waals surface area contributed by atoms with Crippen molar-refractivity contribution in [3.63, 3.8) is 0 Å². The van der Waals surface area contributed by atoms with E-state index in [9.17, 15) is 10.2 Å². The van der Waals surface area contributed by atoms with E-state index in [1.165, 1.54) is 0 Å². The Hall–Kier alpha value is -1.22. The minimum Gasteiger partial charge on any atom is -0.508 e. The third-order valence-electron chi connectivity index (χ3n) is 3.18. The Kier molecular flexibility index (Phi) is 1.93. The highest BCUT2D eigenvalue weighted by Crippen LogP contribution is 2.55. The molecule has 1 saturated carbocycles. The number of hydrogen-bond acceptors (Lipinski definition) is 3. The van der Waals surface area contributed by atoms with E-state index in [4.69, 9.17) is 5.73 Å². The van der Waals surface area contributed by atoms with Crippen molar-refractivity contribution in [1.29, 1.82) is 0 Å². The number of phenolic OH excluding ortho intramolecular Hbond substituents is 2. The van der Waals surface area contributed by atoms with Crippen LogP contribution in [0.25, 0.3) is 0 Å². The lowest BCUT2D eigenvalue weighted by atomic mass is 9.88. The molecule has 0 aromatic heterocycles. The number of nitrogens with two attached hydrogens (primary N) is 1. The van der Waals surface area contributed by atoms with Crippen LogP contribution in [0.3, 0.4) is 0 Å². The van der Waals surface area contributed by atoms with Crippen LogP contribution in [-0.2, 0) is 5.41 Å². The van der Waals surface area contributed by atoms with E-state index in [1.807, 2.05) is 6.92 Å². The van der Waals surface area contributed by atoms with Crippen LogP contribution >= 0.6 is 0 Å². The summed E-state index contributed by atoms with van der Waals surface area (Å²) in [7, 11) is 0. The number of rotatable bonds is 2.